The Morgan fingerprint density at radius 1 is 1.19 bits per heavy atom. The fraction of sp³-hybridized carbons (Fsp3) is 0.375. The number of rotatable bonds is 8. The summed E-state index contributed by atoms with van der Waals surface area (Å²) < 4.78 is 23.1. The van der Waals surface area contributed by atoms with Crippen molar-refractivity contribution >= 4 is 41.1 Å². The standard InChI is InChI=1S/C22H23Cl2FN2O2S.C2H2/c1-30-26-22(28)19-7-18(15-2-3-15)21(8-20(19)25)29-12-14-10-27(11-14)9-13-4-16(23)6-17(24)5-13;1-2/h4-8,14-15H,2-3,9-12H2,1H3,(H,26,28);1-2H. The minimum atomic E-state index is -0.547. The maximum Gasteiger partial charge on any atom is 0.264 e. The predicted octanol–water partition coefficient (Wildman–Crippen LogP) is 5.78. The first-order chi connectivity index (χ1) is 15.4. The zero-order valence-corrected chi connectivity index (χ0v) is 20.1. The van der Waals surface area contributed by atoms with Gasteiger partial charge in [-0.3, -0.25) is 14.4 Å². The monoisotopic (exact) mass is 494 g/mol. The fourth-order valence-electron chi connectivity index (χ4n) is 3.81. The third-order valence-electron chi connectivity index (χ3n) is 5.39. The summed E-state index contributed by atoms with van der Waals surface area (Å²) in [6.07, 6.45) is 11.8. The molecule has 4 nitrogen and oxygen atoms in total. The summed E-state index contributed by atoms with van der Waals surface area (Å²) in [5.74, 6) is 0.343. The Morgan fingerprint density at radius 2 is 1.84 bits per heavy atom. The third kappa shape index (κ3) is 6.32. The van der Waals surface area contributed by atoms with E-state index in [1.54, 1.807) is 18.4 Å². The van der Waals surface area contributed by atoms with Crippen LogP contribution >= 0.6 is 35.1 Å². The van der Waals surface area contributed by atoms with Crippen LogP contribution in [0, 0.1) is 24.6 Å². The van der Waals surface area contributed by atoms with Crippen LogP contribution in [0.15, 0.2) is 30.3 Å². The van der Waals surface area contributed by atoms with Gasteiger partial charge in [0.15, 0.2) is 0 Å². The Bertz CT molecular complexity index is 971. The minimum absolute atomic E-state index is 0.0774. The van der Waals surface area contributed by atoms with Gasteiger partial charge in [0.2, 0.25) is 0 Å². The Labute approximate surface area is 202 Å². The van der Waals surface area contributed by atoms with Gasteiger partial charge in [-0.05, 0) is 54.2 Å². The van der Waals surface area contributed by atoms with Crippen molar-refractivity contribution in [1.82, 2.24) is 9.62 Å². The number of likely N-dealkylation sites (tertiary alicyclic amines) is 1. The van der Waals surface area contributed by atoms with E-state index >= 15 is 0 Å². The summed E-state index contributed by atoms with van der Waals surface area (Å²) in [5.41, 5.74) is 2.10. The van der Waals surface area contributed by atoms with Crippen LogP contribution in [-0.4, -0.2) is 36.8 Å². The van der Waals surface area contributed by atoms with Gasteiger partial charge in [-0.2, -0.15) is 0 Å². The van der Waals surface area contributed by atoms with Crippen LogP contribution in [0.25, 0.3) is 0 Å². The number of halogens is 3. The number of ether oxygens (including phenoxy) is 1. The SMILES string of the molecule is C#C.CSNC(=O)c1cc(C2CC2)c(OCC2CN(Cc3cc(Cl)cc(Cl)c3)C2)cc1F. The van der Waals surface area contributed by atoms with E-state index in [1.165, 1.54) is 6.07 Å². The molecule has 0 aromatic heterocycles. The third-order valence-corrected chi connectivity index (χ3v) is 6.22. The van der Waals surface area contributed by atoms with Gasteiger partial charge in [-0.15, -0.1) is 12.8 Å². The van der Waals surface area contributed by atoms with E-state index < -0.39 is 11.7 Å². The van der Waals surface area contributed by atoms with E-state index in [1.807, 2.05) is 12.1 Å². The molecule has 1 saturated carbocycles. The summed E-state index contributed by atoms with van der Waals surface area (Å²) in [5, 5.41) is 1.28. The highest BCUT2D eigenvalue weighted by Gasteiger charge is 2.31. The van der Waals surface area contributed by atoms with Crippen LogP contribution < -0.4 is 9.46 Å². The summed E-state index contributed by atoms with van der Waals surface area (Å²) in [6.45, 7) is 3.12. The van der Waals surface area contributed by atoms with Gasteiger partial charge in [0.05, 0.1) is 12.2 Å². The predicted molar refractivity (Wildman–Crippen MR) is 130 cm³/mol. The molecule has 2 fully saturated rings. The zero-order chi connectivity index (χ0) is 23.3. The molecule has 1 N–H and O–H groups in total. The lowest BCUT2D eigenvalue weighted by Gasteiger charge is -2.39. The van der Waals surface area contributed by atoms with E-state index in [-0.39, 0.29) is 5.56 Å². The molecule has 32 heavy (non-hydrogen) atoms. The van der Waals surface area contributed by atoms with Crippen LogP contribution in [0.1, 0.15) is 40.2 Å². The van der Waals surface area contributed by atoms with Crippen molar-refractivity contribution in [2.24, 2.45) is 5.92 Å². The van der Waals surface area contributed by atoms with Crippen molar-refractivity contribution in [2.45, 2.75) is 25.3 Å². The van der Waals surface area contributed by atoms with E-state index in [0.717, 1.165) is 55.6 Å². The summed E-state index contributed by atoms with van der Waals surface area (Å²) in [4.78, 5) is 14.4. The van der Waals surface area contributed by atoms with Crippen LogP contribution in [0.3, 0.4) is 0 Å². The van der Waals surface area contributed by atoms with Crippen molar-refractivity contribution in [3.63, 3.8) is 0 Å². The maximum absolute atomic E-state index is 14.5. The Hall–Kier alpha value is -1.91. The second-order valence-electron chi connectivity index (χ2n) is 7.93. The van der Waals surface area contributed by atoms with Crippen LogP contribution in [0.5, 0.6) is 5.75 Å². The fourth-order valence-corrected chi connectivity index (χ4v) is 4.68. The first kappa shape index (κ1) is 24.7. The second-order valence-corrected chi connectivity index (χ2v) is 9.41. The molecule has 4 rings (SSSR count). The lowest BCUT2D eigenvalue weighted by molar-refractivity contribution is 0.0554. The molecule has 1 aliphatic carbocycles. The molecular weight excluding hydrogens is 470 g/mol. The molecule has 0 unspecified atom stereocenters. The normalized spacial score (nSPS) is 15.9. The van der Waals surface area contributed by atoms with Gasteiger partial charge in [-0.1, -0.05) is 35.1 Å². The summed E-state index contributed by atoms with van der Waals surface area (Å²) in [7, 11) is 0. The van der Waals surface area contributed by atoms with Gasteiger partial charge in [-0.25, -0.2) is 4.39 Å². The van der Waals surface area contributed by atoms with Crippen molar-refractivity contribution in [1.29, 1.82) is 0 Å². The first-order valence-electron chi connectivity index (χ1n) is 10.2. The van der Waals surface area contributed by atoms with Crippen LogP contribution in [0.4, 0.5) is 4.39 Å². The Kier molecular flexibility index (Phi) is 8.72. The molecule has 1 saturated heterocycles. The molecular formula is C24H25Cl2FN2O2S. The number of carbonyl (C=O) groups is 1. The number of amides is 1. The van der Waals surface area contributed by atoms with Gasteiger partial charge in [0.1, 0.15) is 11.6 Å². The first-order valence-corrected chi connectivity index (χ1v) is 12.2. The minimum Gasteiger partial charge on any atom is -0.493 e. The molecule has 0 radical (unpaired) electrons. The topological polar surface area (TPSA) is 41.6 Å². The lowest BCUT2D eigenvalue weighted by atomic mass is 10.00. The van der Waals surface area contributed by atoms with Crippen molar-refractivity contribution in [3.8, 4) is 18.6 Å². The number of carbonyl (C=O) groups excluding carboxylic acids is 1. The molecule has 0 spiro atoms. The average Bonchev–Trinajstić information content (AvgIpc) is 3.55. The van der Waals surface area contributed by atoms with Gasteiger partial charge in [0, 0.05) is 47.9 Å². The van der Waals surface area contributed by atoms with Crippen molar-refractivity contribution in [2.75, 3.05) is 26.0 Å². The Balaban J connectivity index is 0.00000141. The molecule has 2 aromatic carbocycles. The number of hydrogen-bond acceptors (Lipinski definition) is 4. The molecule has 8 heteroatoms. The largest absolute Gasteiger partial charge is 0.493 e. The zero-order valence-electron chi connectivity index (χ0n) is 17.7. The lowest BCUT2D eigenvalue weighted by Crippen LogP contribution is -2.48. The number of hydrogen-bond donors (Lipinski definition) is 1. The van der Waals surface area contributed by atoms with E-state index in [4.69, 9.17) is 27.9 Å². The van der Waals surface area contributed by atoms with E-state index in [9.17, 15) is 9.18 Å². The highest BCUT2D eigenvalue weighted by atomic mass is 35.5. The van der Waals surface area contributed by atoms with E-state index in [2.05, 4.69) is 22.5 Å². The molecule has 0 atom stereocenters. The van der Waals surface area contributed by atoms with Gasteiger partial charge >= 0.3 is 0 Å². The summed E-state index contributed by atoms with van der Waals surface area (Å²) >= 11 is 13.3. The van der Waals surface area contributed by atoms with E-state index in [0.29, 0.717) is 34.2 Å². The maximum atomic E-state index is 14.5. The molecule has 2 aliphatic rings. The quantitative estimate of drug-likeness (QED) is 0.373. The second kappa shape index (κ2) is 11.3. The van der Waals surface area contributed by atoms with Gasteiger partial charge < -0.3 is 4.74 Å². The number of terminal acetylenes is 1. The molecule has 2 aromatic rings. The molecule has 0 bridgehead atoms. The molecule has 1 aliphatic heterocycles. The summed E-state index contributed by atoms with van der Waals surface area (Å²) in [6, 6.07) is 8.61. The number of nitrogens with one attached hydrogen (secondary N) is 1. The highest BCUT2D eigenvalue weighted by Crippen LogP contribution is 2.45. The van der Waals surface area contributed by atoms with Crippen LogP contribution in [-0.2, 0) is 6.54 Å². The smallest absolute Gasteiger partial charge is 0.264 e. The molecule has 1 heterocycles. The molecule has 170 valence electrons. The molecule has 1 amide bonds. The van der Waals surface area contributed by atoms with Gasteiger partial charge in [0.25, 0.3) is 5.91 Å². The average molecular weight is 495 g/mol. The number of nitrogens with zero attached hydrogens (tertiary/aromatic N) is 1. The van der Waals surface area contributed by atoms with Crippen molar-refractivity contribution < 1.29 is 13.9 Å². The van der Waals surface area contributed by atoms with Crippen molar-refractivity contribution in [3.05, 3.63) is 62.9 Å². The number of benzene rings is 2. The van der Waals surface area contributed by atoms with Crippen LogP contribution in [0.2, 0.25) is 10.0 Å². The Morgan fingerprint density at radius 3 is 2.44 bits per heavy atom. The highest BCUT2D eigenvalue weighted by molar-refractivity contribution is 7.97.